The molecule has 0 saturated carbocycles. The molecule has 0 spiro atoms. The van der Waals surface area contributed by atoms with Crippen LogP contribution in [0.1, 0.15) is 19.4 Å². The summed E-state index contributed by atoms with van der Waals surface area (Å²) in [5.74, 6) is 0.757. The van der Waals surface area contributed by atoms with Gasteiger partial charge in [0.05, 0.1) is 19.4 Å². The van der Waals surface area contributed by atoms with Crippen LogP contribution >= 0.6 is 0 Å². The Morgan fingerprint density at radius 3 is 2.47 bits per heavy atom. The van der Waals surface area contributed by atoms with E-state index in [-0.39, 0.29) is 6.61 Å². The summed E-state index contributed by atoms with van der Waals surface area (Å²) in [6.07, 6.45) is -0.805. The summed E-state index contributed by atoms with van der Waals surface area (Å²) in [5, 5.41) is 3.67. The number of carbonyl (C=O) groups excluding carboxylic acids is 1. The van der Waals surface area contributed by atoms with Crippen LogP contribution < -0.4 is 4.74 Å². The zero-order chi connectivity index (χ0) is 12.7. The van der Waals surface area contributed by atoms with E-state index in [0.717, 1.165) is 11.3 Å². The van der Waals surface area contributed by atoms with Gasteiger partial charge in [-0.1, -0.05) is 5.16 Å². The van der Waals surface area contributed by atoms with Crippen LogP contribution in [0.25, 0.3) is 0 Å². The normalized spacial score (nSPS) is 10.9. The molecule has 0 aliphatic carbocycles. The highest BCUT2D eigenvalue weighted by Crippen LogP contribution is 2.12. The average molecular weight is 237 g/mol. The Labute approximate surface area is 100.0 Å². The number of ether oxygens (including phenoxy) is 2. The van der Waals surface area contributed by atoms with Crippen molar-refractivity contribution < 1.29 is 19.1 Å². The minimum absolute atomic E-state index is 0.260. The number of nitrogens with zero attached hydrogens (tertiary/aromatic N) is 1. The predicted molar refractivity (Wildman–Crippen MR) is 63.3 cm³/mol. The van der Waals surface area contributed by atoms with Gasteiger partial charge in [0.2, 0.25) is 0 Å². The molecule has 0 unspecified atom stereocenters. The van der Waals surface area contributed by atoms with Gasteiger partial charge >= 0.3 is 6.16 Å². The fourth-order valence-electron chi connectivity index (χ4n) is 1.13. The molecule has 17 heavy (non-hydrogen) atoms. The Bertz CT molecular complexity index is 397. The smallest absolute Gasteiger partial charge is 0.497 e. The number of hydrogen-bond acceptors (Lipinski definition) is 5. The van der Waals surface area contributed by atoms with Crippen LogP contribution in [0.5, 0.6) is 5.75 Å². The van der Waals surface area contributed by atoms with Crippen LogP contribution in [0.15, 0.2) is 29.4 Å². The van der Waals surface area contributed by atoms with Gasteiger partial charge < -0.3 is 9.47 Å². The molecule has 0 aliphatic heterocycles. The minimum atomic E-state index is -0.805. The standard InChI is InChI=1S/C12H15NO4/c1-4-16-12(14)17-13-9(2)10-5-7-11(15-3)8-6-10/h5-8H,4H2,1-3H3/b13-9-. The lowest BCUT2D eigenvalue weighted by Crippen LogP contribution is -2.05. The fourth-order valence-corrected chi connectivity index (χ4v) is 1.13. The Morgan fingerprint density at radius 1 is 1.29 bits per heavy atom. The van der Waals surface area contributed by atoms with Crippen molar-refractivity contribution >= 4 is 11.9 Å². The molecule has 0 amide bonds. The van der Waals surface area contributed by atoms with Gasteiger partial charge in [-0.2, -0.15) is 0 Å². The summed E-state index contributed by atoms with van der Waals surface area (Å²) in [5.41, 5.74) is 1.43. The van der Waals surface area contributed by atoms with Crippen LogP contribution in [-0.2, 0) is 9.57 Å². The van der Waals surface area contributed by atoms with E-state index < -0.39 is 6.16 Å². The lowest BCUT2D eigenvalue weighted by molar-refractivity contribution is 0.0613. The molecule has 0 radical (unpaired) electrons. The first-order valence-corrected chi connectivity index (χ1v) is 5.20. The first-order valence-electron chi connectivity index (χ1n) is 5.20. The molecule has 1 rings (SSSR count). The molecule has 0 saturated heterocycles. The van der Waals surface area contributed by atoms with E-state index in [1.165, 1.54) is 0 Å². The second-order valence-electron chi connectivity index (χ2n) is 3.18. The second-order valence-corrected chi connectivity index (χ2v) is 3.18. The van der Waals surface area contributed by atoms with Crippen molar-refractivity contribution in [3.05, 3.63) is 29.8 Å². The van der Waals surface area contributed by atoms with Gasteiger partial charge in [0.1, 0.15) is 5.75 Å². The van der Waals surface area contributed by atoms with Gasteiger partial charge in [0.15, 0.2) is 0 Å². The van der Waals surface area contributed by atoms with Crippen molar-refractivity contribution in [1.82, 2.24) is 0 Å². The highest BCUT2D eigenvalue weighted by atomic mass is 16.8. The number of benzene rings is 1. The molecule has 0 aliphatic rings. The van der Waals surface area contributed by atoms with Gasteiger partial charge in [-0.15, -0.1) is 0 Å². The lowest BCUT2D eigenvalue weighted by atomic mass is 10.1. The van der Waals surface area contributed by atoms with Gasteiger partial charge in [0.25, 0.3) is 0 Å². The molecular weight excluding hydrogens is 222 g/mol. The summed E-state index contributed by atoms with van der Waals surface area (Å²) in [6.45, 7) is 3.69. The van der Waals surface area contributed by atoms with Crippen LogP contribution in [0.4, 0.5) is 4.79 Å². The van der Waals surface area contributed by atoms with Crippen molar-refractivity contribution in [3.8, 4) is 5.75 Å². The van der Waals surface area contributed by atoms with Crippen molar-refractivity contribution in [2.24, 2.45) is 5.16 Å². The number of hydrogen-bond donors (Lipinski definition) is 0. The van der Waals surface area contributed by atoms with Crippen molar-refractivity contribution in [2.45, 2.75) is 13.8 Å². The molecular formula is C12H15NO4. The molecule has 1 aromatic carbocycles. The molecule has 0 bridgehead atoms. The van der Waals surface area contributed by atoms with E-state index >= 15 is 0 Å². The van der Waals surface area contributed by atoms with Crippen LogP contribution in [-0.4, -0.2) is 25.6 Å². The third-order valence-electron chi connectivity index (χ3n) is 2.03. The maximum absolute atomic E-state index is 10.9. The molecule has 0 atom stereocenters. The van der Waals surface area contributed by atoms with Gasteiger partial charge in [-0.05, 0) is 43.7 Å². The van der Waals surface area contributed by atoms with Crippen molar-refractivity contribution in [1.29, 1.82) is 0 Å². The molecule has 92 valence electrons. The predicted octanol–water partition coefficient (Wildman–Crippen LogP) is 2.59. The van der Waals surface area contributed by atoms with E-state index in [4.69, 9.17) is 4.74 Å². The average Bonchev–Trinajstić information content (AvgIpc) is 2.36. The summed E-state index contributed by atoms with van der Waals surface area (Å²) < 4.78 is 9.61. The highest BCUT2D eigenvalue weighted by Gasteiger charge is 2.03. The summed E-state index contributed by atoms with van der Waals surface area (Å²) >= 11 is 0. The molecule has 1 aromatic rings. The zero-order valence-corrected chi connectivity index (χ0v) is 10.1. The molecule has 5 nitrogen and oxygen atoms in total. The molecule has 5 heteroatoms. The second kappa shape index (κ2) is 6.52. The Balaban J connectivity index is 2.64. The highest BCUT2D eigenvalue weighted by molar-refractivity contribution is 5.98. The Hall–Kier alpha value is -2.04. The van der Waals surface area contributed by atoms with Crippen molar-refractivity contribution in [3.63, 3.8) is 0 Å². The molecule has 0 N–H and O–H groups in total. The van der Waals surface area contributed by atoms with Crippen LogP contribution in [0.2, 0.25) is 0 Å². The molecule has 0 aromatic heterocycles. The summed E-state index contributed by atoms with van der Waals surface area (Å²) in [6, 6.07) is 7.26. The van der Waals surface area contributed by atoms with E-state index in [9.17, 15) is 4.79 Å². The van der Waals surface area contributed by atoms with E-state index in [1.54, 1.807) is 33.1 Å². The number of oxime groups is 1. The van der Waals surface area contributed by atoms with Crippen molar-refractivity contribution in [2.75, 3.05) is 13.7 Å². The van der Waals surface area contributed by atoms with E-state index in [2.05, 4.69) is 14.7 Å². The van der Waals surface area contributed by atoms with E-state index in [1.807, 2.05) is 12.1 Å². The zero-order valence-electron chi connectivity index (χ0n) is 10.1. The summed E-state index contributed by atoms with van der Waals surface area (Å²) in [4.78, 5) is 15.5. The topological polar surface area (TPSA) is 57.1 Å². The maximum atomic E-state index is 10.9. The fraction of sp³-hybridized carbons (Fsp3) is 0.333. The minimum Gasteiger partial charge on any atom is -0.497 e. The largest absolute Gasteiger partial charge is 0.535 e. The number of methoxy groups -OCH3 is 1. The maximum Gasteiger partial charge on any atom is 0.535 e. The summed E-state index contributed by atoms with van der Waals surface area (Å²) in [7, 11) is 1.60. The SMILES string of the molecule is CCOC(=O)O/N=C(/C)c1ccc(OC)cc1. The third kappa shape index (κ3) is 4.14. The first kappa shape index (κ1) is 13.0. The van der Waals surface area contributed by atoms with E-state index in [0.29, 0.717) is 5.71 Å². The van der Waals surface area contributed by atoms with Crippen LogP contribution in [0.3, 0.4) is 0 Å². The van der Waals surface area contributed by atoms with Crippen LogP contribution in [0, 0.1) is 0 Å². The quantitative estimate of drug-likeness (QED) is 0.349. The van der Waals surface area contributed by atoms with Gasteiger partial charge in [0, 0.05) is 0 Å². The lowest BCUT2D eigenvalue weighted by Gasteiger charge is -2.03. The first-order chi connectivity index (χ1) is 8.17. The van der Waals surface area contributed by atoms with Gasteiger partial charge in [-0.3, -0.25) is 4.84 Å². The number of carbonyl (C=O) groups is 1. The Kier molecular flexibility index (Phi) is 5.00. The molecule has 0 heterocycles. The van der Waals surface area contributed by atoms with Gasteiger partial charge in [-0.25, -0.2) is 4.79 Å². The third-order valence-corrected chi connectivity index (χ3v) is 2.03. The molecule has 0 fully saturated rings. The number of rotatable bonds is 4. The Morgan fingerprint density at radius 2 is 1.94 bits per heavy atom. The monoisotopic (exact) mass is 237 g/mol.